The van der Waals surface area contributed by atoms with Crippen LogP contribution in [0.3, 0.4) is 0 Å². The number of imide groups is 1. The molecule has 1 fully saturated rings. The van der Waals surface area contributed by atoms with E-state index in [0.29, 0.717) is 5.06 Å². The zero-order valence-corrected chi connectivity index (χ0v) is 13.5. The van der Waals surface area contributed by atoms with Gasteiger partial charge in [-0.05, 0) is 22.3 Å². The summed E-state index contributed by atoms with van der Waals surface area (Å²) in [6, 6.07) is 16.0. The molecule has 1 heterocycles. The Morgan fingerprint density at radius 3 is 1.48 bits per heavy atom. The number of carbonyl (C=O) groups excluding carboxylic acids is 3. The molecule has 0 N–H and O–H groups in total. The van der Waals surface area contributed by atoms with Crippen molar-refractivity contribution in [1.82, 2.24) is 5.06 Å². The van der Waals surface area contributed by atoms with Crippen LogP contribution in [0.2, 0.25) is 0 Å². The lowest BCUT2D eigenvalue weighted by Crippen LogP contribution is -2.41. The van der Waals surface area contributed by atoms with E-state index in [-0.39, 0.29) is 11.8 Å². The fourth-order valence-corrected chi connectivity index (χ4v) is 4.87. The van der Waals surface area contributed by atoms with Gasteiger partial charge in [0.05, 0.1) is 11.8 Å². The van der Waals surface area contributed by atoms with Gasteiger partial charge in [0.2, 0.25) is 0 Å². The highest BCUT2D eigenvalue weighted by Crippen LogP contribution is 2.60. The summed E-state index contributed by atoms with van der Waals surface area (Å²) in [5.74, 6) is -2.88. The Balaban J connectivity index is 1.74. The molecule has 6 rings (SSSR count). The molecule has 2 bridgehead atoms. The summed E-state index contributed by atoms with van der Waals surface area (Å²) in [6.45, 7) is 1.20. The van der Waals surface area contributed by atoms with Crippen molar-refractivity contribution >= 4 is 17.8 Å². The van der Waals surface area contributed by atoms with Crippen LogP contribution < -0.4 is 0 Å². The maximum absolute atomic E-state index is 12.9. The van der Waals surface area contributed by atoms with Crippen LogP contribution in [0.5, 0.6) is 0 Å². The van der Waals surface area contributed by atoms with Gasteiger partial charge in [0.25, 0.3) is 11.8 Å². The van der Waals surface area contributed by atoms with Gasteiger partial charge in [-0.2, -0.15) is 0 Å². The highest BCUT2D eigenvalue weighted by molar-refractivity contribution is 6.07. The number of nitrogens with zero attached hydrogens (tertiary/aromatic N) is 1. The first kappa shape index (κ1) is 14.4. The van der Waals surface area contributed by atoms with Crippen molar-refractivity contribution < 1.29 is 19.2 Å². The van der Waals surface area contributed by atoms with Crippen molar-refractivity contribution in [1.29, 1.82) is 0 Å². The van der Waals surface area contributed by atoms with Gasteiger partial charge >= 0.3 is 5.97 Å². The monoisotopic (exact) mass is 333 g/mol. The van der Waals surface area contributed by atoms with Gasteiger partial charge in [0, 0.05) is 18.8 Å². The van der Waals surface area contributed by atoms with Crippen LogP contribution in [-0.4, -0.2) is 22.8 Å². The molecule has 0 unspecified atom stereocenters. The van der Waals surface area contributed by atoms with Crippen molar-refractivity contribution in [3.8, 4) is 0 Å². The summed E-state index contributed by atoms with van der Waals surface area (Å²) in [4.78, 5) is 42.1. The maximum atomic E-state index is 12.9. The lowest BCUT2D eigenvalue weighted by Gasteiger charge is -2.45. The number of rotatable bonds is 1. The van der Waals surface area contributed by atoms with E-state index in [2.05, 4.69) is 0 Å². The van der Waals surface area contributed by atoms with E-state index >= 15 is 0 Å². The zero-order valence-electron chi connectivity index (χ0n) is 13.5. The highest BCUT2D eigenvalue weighted by Gasteiger charge is 2.62. The van der Waals surface area contributed by atoms with Gasteiger partial charge in [0.1, 0.15) is 0 Å². The second-order valence-electron chi connectivity index (χ2n) is 6.82. The molecule has 124 valence electrons. The van der Waals surface area contributed by atoms with Crippen LogP contribution in [0.25, 0.3) is 0 Å². The Bertz CT molecular complexity index is 835. The summed E-state index contributed by atoms with van der Waals surface area (Å²) in [5.41, 5.74) is 4.38. The van der Waals surface area contributed by atoms with E-state index in [1.54, 1.807) is 0 Å². The average Bonchev–Trinajstić information content (AvgIpc) is 2.87. The van der Waals surface area contributed by atoms with Crippen molar-refractivity contribution in [2.75, 3.05) is 0 Å². The third-order valence-electron chi connectivity index (χ3n) is 5.63. The molecule has 25 heavy (non-hydrogen) atoms. The smallest absolute Gasteiger partial charge is 0.330 e. The summed E-state index contributed by atoms with van der Waals surface area (Å²) in [6.07, 6.45) is 0. The maximum Gasteiger partial charge on any atom is 0.330 e. The number of hydrogen-bond donors (Lipinski definition) is 0. The van der Waals surface area contributed by atoms with E-state index in [9.17, 15) is 14.4 Å². The summed E-state index contributed by atoms with van der Waals surface area (Å²) in [5, 5.41) is 0.690. The Kier molecular flexibility index (Phi) is 2.76. The molecule has 4 aliphatic rings. The van der Waals surface area contributed by atoms with Gasteiger partial charge in [-0.1, -0.05) is 48.5 Å². The molecule has 1 aliphatic heterocycles. The second-order valence-corrected chi connectivity index (χ2v) is 6.82. The molecule has 2 aromatic carbocycles. The molecule has 0 spiro atoms. The Hall–Kier alpha value is -2.95. The number of benzene rings is 2. The molecular formula is C20H15NO4. The molecule has 2 amide bonds. The normalized spacial score (nSPS) is 28.4. The van der Waals surface area contributed by atoms with E-state index in [1.165, 1.54) is 6.92 Å². The van der Waals surface area contributed by atoms with E-state index in [4.69, 9.17) is 4.84 Å². The molecular weight excluding hydrogens is 318 g/mol. The van der Waals surface area contributed by atoms with E-state index < -0.39 is 29.6 Å². The predicted molar refractivity (Wildman–Crippen MR) is 87.2 cm³/mol. The number of hydroxylamine groups is 2. The SMILES string of the molecule is CC(=O)ON1C(=O)[C@@H]2C3c4ccccc4C(c4ccccc43)[C@H]2C1=O. The fraction of sp³-hybridized carbons (Fsp3) is 0.250. The molecule has 2 atom stereocenters. The second kappa shape index (κ2) is 4.79. The average molecular weight is 333 g/mol. The van der Waals surface area contributed by atoms with Crippen LogP contribution >= 0.6 is 0 Å². The first-order valence-corrected chi connectivity index (χ1v) is 8.33. The molecule has 5 heteroatoms. The van der Waals surface area contributed by atoms with Crippen LogP contribution in [-0.2, 0) is 19.2 Å². The van der Waals surface area contributed by atoms with E-state index in [1.807, 2.05) is 48.5 Å². The largest absolute Gasteiger partial charge is 0.331 e. The molecule has 0 saturated carbocycles. The highest BCUT2D eigenvalue weighted by atomic mass is 16.7. The Labute approximate surface area is 144 Å². The number of carbonyl (C=O) groups is 3. The number of amides is 2. The lowest BCUT2D eigenvalue weighted by atomic mass is 9.55. The van der Waals surface area contributed by atoms with Crippen molar-refractivity contribution in [3.63, 3.8) is 0 Å². The molecule has 5 nitrogen and oxygen atoms in total. The zero-order chi connectivity index (χ0) is 17.3. The first-order chi connectivity index (χ1) is 12.1. The van der Waals surface area contributed by atoms with Crippen LogP contribution in [0, 0.1) is 11.8 Å². The van der Waals surface area contributed by atoms with Gasteiger partial charge in [-0.3, -0.25) is 9.59 Å². The third kappa shape index (κ3) is 1.70. The van der Waals surface area contributed by atoms with Gasteiger partial charge in [-0.25, -0.2) is 4.79 Å². The predicted octanol–water partition coefficient (Wildman–Crippen LogP) is 2.36. The summed E-state index contributed by atoms with van der Waals surface area (Å²) in [7, 11) is 0. The first-order valence-electron chi connectivity index (χ1n) is 8.33. The van der Waals surface area contributed by atoms with Crippen molar-refractivity contribution in [3.05, 3.63) is 70.8 Å². The van der Waals surface area contributed by atoms with E-state index in [0.717, 1.165) is 22.3 Å². The lowest BCUT2D eigenvalue weighted by molar-refractivity contribution is -0.197. The van der Waals surface area contributed by atoms with Gasteiger partial charge < -0.3 is 4.84 Å². The minimum Gasteiger partial charge on any atom is -0.331 e. The van der Waals surface area contributed by atoms with Gasteiger partial charge in [0.15, 0.2) is 0 Å². The Morgan fingerprint density at radius 1 is 0.800 bits per heavy atom. The molecule has 3 aliphatic carbocycles. The van der Waals surface area contributed by atoms with Crippen LogP contribution in [0.4, 0.5) is 0 Å². The molecule has 2 aromatic rings. The topological polar surface area (TPSA) is 63.7 Å². The molecule has 1 saturated heterocycles. The minimum absolute atomic E-state index is 0.181. The van der Waals surface area contributed by atoms with Crippen LogP contribution in [0.1, 0.15) is 41.0 Å². The van der Waals surface area contributed by atoms with Crippen molar-refractivity contribution in [2.24, 2.45) is 11.8 Å². The Morgan fingerprint density at radius 2 is 1.16 bits per heavy atom. The fourth-order valence-electron chi connectivity index (χ4n) is 4.87. The summed E-state index contributed by atoms with van der Waals surface area (Å²) < 4.78 is 0. The van der Waals surface area contributed by atoms with Crippen molar-refractivity contribution in [2.45, 2.75) is 18.8 Å². The number of hydrogen-bond acceptors (Lipinski definition) is 4. The minimum atomic E-state index is -0.664. The quantitative estimate of drug-likeness (QED) is 0.752. The summed E-state index contributed by atoms with van der Waals surface area (Å²) >= 11 is 0. The van der Waals surface area contributed by atoms with Crippen LogP contribution in [0.15, 0.2) is 48.5 Å². The molecule has 0 aromatic heterocycles. The molecule has 0 radical (unpaired) electrons. The standard InChI is InChI=1S/C20H15NO4/c1-10(22)25-21-19(23)17-15-11-6-2-3-7-12(11)16(18(17)20(21)24)14-9-5-4-8-13(14)15/h2-9,15-18H,1H3/t15?,16?,17-,18-/m1/s1. The van der Waals surface area contributed by atoms with Gasteiger partial charge in [-0.15, -0.1) is 5.06 Å². The third-order valence-corrected chi connectivity index (χ3v) is 5.63.